The molecule has 0 atom stereocenters. The first-order valence-electron chi connectivity index (χ1n) is 4.42. The fourth-order valence-electron chi connectivity index (χ4n) is 1.21. The third kappa shape index (κ3) is 2.07. The van der Waals surface area contributed by atoms with Gasteiger partial charge in [-0.2, -0.15) is 17.7 Å². The van der Waals surface area contributed by atoms with E-state index in [-0.39, 0.29) is 5.56 Å². The summed E-state index contributed by atoms with van der Waals surface area (Å²) in [5, 5.41) is 6.35. The molecule has 2 heterocycles. The maximum Gasteiger partial charge on any atom is 0.268 e. The molecule has 0 radical (unpaired) electrons. The molecular formula is C10H9N3OS. The molecule has 4 nitrogen and oxygen atoms in total. The van der Waals surface area contributed by atoms with Crippen LogP contribution in [-0.2, 0) is 5.75 Å². The molecule has 0 bridgehead atoms. The summed E-state index contributed by atoms with van der Waals surface area (Å²) in [5.41, 5.74) is 1.77. The lowest BCUT2D eigenvalue weighted by Crippen LogP contribution is -2.13. The van der Waals surface area contributed by atoms with Crippen LogP contribution in [0, 0.1) is 0 Å². The Balaban J connectivity index is 2.51. The second kappa shape index (κ2) is 4.27. The van der Waals surface area contributed by atoms with Crippen LogP contribution in [0.1, 0.15) is 5.56 Å². The Morgan fingerprint density at radius 2 is 2.20 bits per heavy atom. The minimum atomic E-state index is -0.204. The highest BCUT2D eigenvalue weighted by Gasteiger charge is 2.04. The molecule has 5 heteroatoms. The summed E-state index contributed by atoms with van der Waals surface area (Å²) in [6, 6.07) is 7.24. The van der Waals surface area contributed by atoms with Crippen LogP contribution in [0.5, 0.6) is 0 Å². The fraction of sp³-hybridized carbons (Fsp3) is 0.100. The number of pyridine rings is 1. The van der Waals surface area contributed by atoms with Gasteiger partial charge in [-0.05, 0) is 18.2 Å². The lowest BCUT2D eigenvalue weighted by molar-refractivity contribution is 0.967. The van der Waals surface area contributed by atoms with Gasteiger partial charge in [-0.1, -0.05) is 6.07 Å². The third-order valence-corrected chi connectivity index (χ3v) is 2.32. The number of H-pyrrole nitrogens is 1. The quantitative estimate of drug-likeness (QED) is 0.748. The summed E-state index contributed by atoms with van der Waals surface area (Å²) < 4.78 is 0. The molecule has 2 rings (SSSR count). The van der Waals surface area contributed by atoms with Gasteiger partial charge >= 0.3 is 0 Å². The van der Waals surface area contributed by atoms with E-state index >= 15 is 0 Å². The summed E-state index contributed by atoms with van der Waals surface area (Å²) in [6.07, 6.45) is 1.68. The number of rotatable bonds is 2. The first-order valence-corrected chi connectivity index (χ1v) is 5.05. The van der Waals surface area contributed by atoms with Crippen LogP contribution >= 0.6 is 12.6 Å². The van der Waals surface area contributed by atoms with Gasteiger partial charge in [0.1, 0.15) is 5.69 Å². The van der Waals surface area contributed by atoms with Crippen LogP contribution in [0.15, 0.2) is 35.3 Å². The van der Waals surface area contributed by atoms with Crippen LogP contribution in [0.25, 0.3) is 11.4 Å². The molecule has 0 aliphatic carbocycles. The van der Waals surface area contributed by atoms with Gasteiger partial charge in [-0.15, -0.1) is 0 Å². The number of aromatic nitrogens is 3. The molecular weight excluding hydrogens is 210 g/mol. The molecule has 2 aromatic heterocycles. The zero-order valence-corrected chi connectivity index (χ0v) is 8.74. The van der Waals surface area contributed by atoms with Crippen molar-refractivity contribution in [3.63, 3.8) is 0 Å². The zero-order valence-electron chi connectivity index (χ0n) is 7.84. The Kier molecular flexibility index (Phi) is 2.82. The maximum atomic E-state index is 11.2. The molecule has 0 spiro atoms. The van der Waals surface area contributed by atoms with E-state index in [1.165, 1.54) is 0 Å². The van der Waals surface area contributed by atoms with Gasteiger partial charge < -0.3 is 0 Å². The minimum absolute atomic E-state index is 0.204. The minimum Gasteiger partial charge on any atom is -0.268 e. The Morgan fingerprint density at radius 3 is 2.87 bits per heavy atom. The van der Waals surface area contributed by atoms with Crippen LogP contribution in [0.3, 0.4) is 0 Å². The topological polar surface area (TPSA) is 58.6 Å². The van der Waals surface area contributed by atoms with E-state index in [9.17, 15) is 4.79 Å². The molecule has 0 aliphatic heterocycles. The SMILES string of the molecule is O=c1[nH]nc(-c2ccccn2)cc1CS. The molecule has 0 amide bonds. The van der Waals surface area contributed by atoms with Crippen molar-refractivity contribution in [2.24, 2.45) is 0 Å². The predicted octanol–water partition coefficient (Wildman–Crippen LogP) is 1.26. The Labute approximate surface area is 91.8 Å². The van der Waals surface area contributed by atoms with Crippen molar-refractivity contribution in [2.45, 2.75) is 5.75 Å². The normalized spacial score (nSPS) is 10.2. The average molecular weight is 219 g/mol. The molecule has 0 fully saturated rings. The van der Waals surface area contributed by atoms with Crippen molar-refractivity contribution in [2.75, 3.05) is 0 Å². The van der Waals surface area contributed by atoms with Crippen LogP contribution < -0.4 is 5.56 Å². The molecule has 76 valence electrons. The highest BCUT2D eigenvalue weighted by molar-refractivity contribution is 7.79. The molecule has 1 N–H and O–H groups in total. The first kappa shape index (κ1) is 9.92. The van der Waals surface area contributed by atoms with Gasteiger partial charge in [-0.25, -0.2) is 5.10 Å². The second-order valence-electron chi connectivity index (χ2n) is 2.98. The lowest BCUT2D eigenvalue weighted by atomic mass is 10.2. The van der Waals surface area contributed by atoms with Crippen LogP contribution in [0.2, 0.25) is 0 Å². The van der Waals surface area contributed by atoms with Crippen molar-refractivity contribution < 1.29 is 0 Å². The summed E-state index contributed by atoms with van der Waals surface area (Å²) in [6.45, 7) is 0. The largest absolute Gasteiger partial charge is 0.268 e. The molecule has 0 aromatic carbocycles. The molecule has 15 heavy (non-hydrogen) atoms. The molecule has 0 unspecified atom stereocenters. The standard InChI is InChI=1S/C10H9N3OS/c14-10-7(6-15)5-9(12-13-10)8-3-1-2-4-11-8/h1-5,15H,6H2,(H,13,14). The van der Waals surface area contributed by atoms with Gasteiger partial charge in [0.2, 0.25) is 0 Å². The van der Waals surface area contributed by atoms with Crippen LogP contribution in [-0.4, -0.2) is 15.2 Å². The zero-order chi connectivity index (χ0) is 10.7. The second-order valence-corrected chi connectivity index (χ2v) is 3.30. The first-order chi connectivity index (χ1) is 7.31. The van der Waals surface area contributed by atoms with E-state index in [1.54, 1.807) is 12.3 Å². The Morgan fingerprint density at radius 1 is 1.33 bits per heavy atom. The number of nitrogens with one attached hydrogen (secondary N) is 1. The molecule has 0 aliphatic rings. The highest BCUT2D eigenvalue weighted by Crippen LogP contribution is 2.12. The molecule has 2 aromatic rings. The summed E-state index contributed by atoms with van der Waals surface area (Å²) in [4.78, 5) is 15.4. The number of hydrogen-bond acceptors (Lipinski definition) is 4. The van der Waals surface area contributed by atoms with Gasteiger partial charge in [0.15, 0.2) is 0 Å². The summed E-state index contributed by atoms with van der Waals surface area (Å²) in [7, 11) is 0. The van der Waals surface area contributed by atoms with E-state index in [0.29, 0.717) is 17.0 Å². The summed E-state index contributed by atoms with van der Waals surface area (Å²) >= 11 is 4.07. The van der Waals surface area contributed by atoms with E-state index < -0.39 is 0 Å². The van der Waals surface area contributed by atoms with Crippen molar-refractivity contribution in [3.05, 3.63) is 46.4 Å². The number of hydrogen-bond donors (Lipinski definition) is 2. The maximum absolute atomic E-state index is 11.2. The van der Waals surface area contributed by atoms with Crippen molar-refractivity contribution in [1.29, 1.82) is 0 Å². The third-order valence-electron chi connectivity index (χ3n) is 1.98. The number of thiol groups is 1. The monoisotopic (exact) mass is 219 g/mol. The van der Waals surface area contributed by atoms with Gasteiger partial charge in [-0.3, -0.25) is 9.78 Å². The summed E-state index contributed by atoms with van der Waals surface area (Å²) in [5.74, 6) is 0.387. The lowest BCUT2D eigenvalue weighted by Gasteiger charge is -2.00. The number of aromatic amines is 1. The van der Waals surface area contributed by atoms with Crippen LogP contribution in [0.4, 0.5) is 0 Å². The van der Waals surface area contributed by atoms with Gasteiger partial charge in [0, 0.05) is 17.5 Å². The smallest absolute Gasteiger partial charge is 0.268 e. The fourth-order valence-corrected chi connectivity index (χ4v) is 1.44. The highest BCUT2D eigenvalue weighted by atomic mass is 32.1. The molecule has 0 saturated carbocycles. The average Bonchev–Trinajstić information content (AvgIpc) is 2.31. The Bertz CT molecular complexity index is 510. The van der Waals surface area contributed by atoms with Crippen molar-refractivity contribution in [1.82, 2.24) is 15.2 Å². The molecule has 0 saturated heterocycles. The number of nitrogens with zero attached hydrogens (tertiary/aromatic N) is 2. The van der Waals surface area contributed by atoms with E-state index in [1.807, 2.05) is 18.2 Å². The van der Waals surface area contributed by atoms with Gasteiger partial charge in [0.05, 0.1) is 5.69 Å². The van der Waals surface area contributed by atoms with Crippen molar-refractivity contribution in [3.8, 4) is 11.4 Å². The predicted molar refractivity (Wildman–Crippen MR) is 60.8 cm³/mol. The van der Waals surface area contributed by atoms with E-state index in [4.69, 9.17) is 0 Å². The van der Waals surface area contributed by atoms with Gasteiger partial charge in [0.25, 0.3) is 5.56 Å². The van der Waals surface area contributed by atoms with E-state index in [0.717, 1.165) is 5.69 Å². The Hall–Kier alpha value is -1.62. The van der Waals surface area contributed by atoms with E-state index in [2.05, 4.69) is 27.8 Å². The van der Waals surface area contributed by atoms with Crippen molar-refractivity contribution >= 4 is 12.6 Å².